The predicted octanol–water partition coefficient (Wildman–Crippen LogP) is 2.37. The van der Waals surface area contributed by atoms with Crippen molar-refractivity contribution in [3.63, 3.8) is 0 Å². The molecule has 0 aromatic carbocycles. The molecule has 0 aromatic heterocycles. The molecule has 7 heavy (non-hydrogen) atoms. The highest BCUT2D eigenvalue weighted by atomic mass is 32.2. The molecule has 0 aliphatic carbocycles. The average molecular weight is 133 g/mol. The van der Waals surface area contributed by atoms with Crippen LogP contribution in [0.3, 0.4) is 0 Å². The highest BCUT2D eigenvalue weighted by molar-refractivity contribution is 8.19. The first kappa shape index (κ1) is 5.83. The third kappa shape index (κ3) is 2.50. The van der Waals surface area contributed by atoms with Crippen LogP contribution >= 0.6 is 23.5 Å². The zero-order chi connectivity index (χ0) is 4.95. The quantitative estimate of drug-likeness (QED) is 0.497. The smallest absolute Gasteiger partial charge is 0.0712 e. The van der Waals surface area contributed by atoms with Crippen molar-refractivity contribution in [1.82, 2.24) is 0 Å². The minimum Gasteiger partial charge on any atom is -0.146 e. The first-order valence-corrected chi connectivity index (χ1v) is 4.65. The van der Waals surface area contributed by atoms with Crippen LogP contribution < -0.4 is 0 Å². The zero-order valence-corrected chi connectivity index (χ0v) is 5.86. The van der Waals surface area contributed by atoms with E-state index in [1.165, 1.54) is 24.3 Å². The molecule has 0 spiro atoms. The molecule has 2 heteroatoms. The third-order valence-electron chi connectivity index (χ3n) is 0.910. The van der Waals surface area contributed by atoms with Gasteiger partial charge in [-0.3, -0.25) is 0 Å². The van der Waals surface area contributed by atoms with Gasteiger partial charge < -0.3 is 0 Å². The molecule has 0 N–H and O–H groups in total. The highest BCUT2D eigenvalue weighted by Crippen LogP contribution is 2.24. The topological polar surface area (TPSA) is 0 Å². The number of rotatable bonds is 0. The summed E-state index contributed by atoms with van der Waals surface area (Å²) >= 11 is 3.91. The van der Waals surface area contributed by atoms with Crippen molar-refractivity contribution in [3.8, 4) is 0 Å². The van der Waals surface area contributed by atoms with Crippen LogP contribution in [0.25, 0.3) is 0 Å². The minimum atomic E-state index is 1.34. The maximum atomic E-state index is 2.26. The molecule has 1 aliphatic rings. The van der Waals surface area contributed by atoms with Crippen LogP contribution in [0.2, 0.25) is 0 Å². The molecule has 1 heterocycles. The molecule has 1 radical (unpaired) electrons. The van der Waals surface area contributed by atoms with Gasteiger partial charge in [0.1, 0.15) is 0 Å². The van der Waals surface area contributed by atoms with E-state index in [2.05, 4.69) is 5.08 Å². The Hall–Kier alpha value is 0.700. The lowest BCUT2D eigenvalue weighted by atomic mass is 10.4. The van der Waals surface area contributed by atoms with Crippen LogP contribution in [-0.2, 0) is 0 Å². The Morgan fingerprint density at radius 1 is 1.00 bits per heavy atom. The van der Waals surface area contributed by atoms with Crippen molar-refractivity contribution in [2.75, 3.05) is 11.5 Å². The molecule has 1 saturated heterocycles. The van der Waals surface area contributed by atoms with Crippen LogP contribution in [0, 0.1) is 5.08 Å². The van der Waals surface area contributed by atoms with E-state index in [0.29, 0.717) is 0 Å². The monoisotopic (exact) mass is 133 g/mol. The van der Waals surface area contributed by atoms with E-state index in [-0.39, 0.29) is 0 Å². The van der Waals surface area contributed by atoms with Crippen molar-refractivity contribution in [1.29, 1.82) is 0 Å². The lowest BCUT2D eigenvalue weighted by Gasteiger charge is -1.85. The second kappa shape index (κ2) is 3.67. The largest absolute Gasteiger partial charge is 0.146 e. The molecule has 0 atom stereocenters. The van der Waals surface area contributed by atoms with Gasteiger partial charge in [-0.05, 0) is 24.3 Å². The van der Waals surface area contributed by atoms with Crippen molar-refractivity contribution in [3.05, 3.63) is 5.08 Å². The van der Waals surface area contributed by atoms with E-state index < -0.39 is 0 Å². The van der Waals surface area contributed by atoms with Crippen LogP contribution in [0.15, 0.2) is 0 Å². The van der Waals surface area contributed by atoms with Gasteiger partial charge >= 0.3 is 0 Å². The molecular formula is C5H9S2. The maximum absolute atomic E-state index is 2.26. The summed E-state index contributed by atoms with van der Waals surface area (Å²) in [5, 5.41) is 2.26. The van der Waals surface area contributed by atoms with E-state index >= 15 is 0 Å². The maximum Gasteiger partial charge on any atom is 0.0712 e. The molecule has 0 bridgehead atoms. The predicted molar refractivity (Wildman–Crippen MR) is 38.5 cm³/mol. The van der Waals surface area contributed by atoms with Crippen molar-refractivity contribution in [2.24, 2.45) is 0 Å². The SMILES string of the molecule is [CH]1SCCCCS1. The highest BCUT2D eigenvalue weighted by Gasteiger charge is 1.96. The molecule has 0 unspecified atom stereocenters. The van der Waals surface area contributed by atoms with Gasteiger partial charge in [-0.2, -0.15) is 0 Å². The van der Waals surface area contributed by atoms with E-state index in [9.17, 15) is 0 Å². The third-order valence-corrected chi connectivity index (χ3v) is 3.05. The van der Waals surface area contributed by atoms with E-state index in [0.717, 1.165) is 0 Å². The molecule has 0 nitrogen and oxygen atoms in total. The van der Waals surface area contributed by atoms with E-state index in [1.807, 2.05) is 23.5 Å². The standard InChI is InChI=1S/C5H9S2/c1-2-4-7-5-6-3-1/h5H,1-4H2. The first-order chi connectivity index (χ1) is 3.50. The average Bonchev–Trinajstić information content (AvgIpc) is 1.90. The second-order valence-electron chi connectivity index (χ2n) is 1.54. The number of hydrogen-bond donors (Lipinski definition) is 0. The minimum absolute atomic E-state index is 1.34. The summed E-state index contributed by atoms with van der Waals surface area (Å²) in [6.45, 7) is 0. The van der Waals surface area contributed by atoms with Crippen LogP contribution in [0.4, 0.5) is 0 Å². The van der Waals surface area contributed by atoms with Gasteiger partial charge in [-0.25, -0.2) is 0 Å². The normalized spacial score (nSPS) is 24.0. The van der Waals surface area contributed by atoms with Gasteiger partial charge in [0.05, 0.1) is 5.08 Å². The fourth-order valence-corrected chi connectivity index (χ4v) is 2.41. The second-order valence-corrected chi connectivity index (χ2v) is 3.80. The van der Waals surface area contributed by atoms with E-state index in [1.54, 1.807) is 0 Å². The first-order valence-electron chi connectivity index (χ1n) is 2.55. The summed E-state index contributed by atoms with van der Waals surface area (Å²) in [4.78, 5) is 0. The van der Waals surface area contributed by atoms with Gasteiger partial charge in [0.25, 0.3) is 0 Å². The lowest BCUT2D eigenvalue weighted by Crippen LogP contribution is -1.74. The lowest BCUT2D eigenvalue weighted by molar-refractivity contribution is 0.912. The Morgan fingerprint density at radius 3 is 2.14 bits per heavy atom. The van der Waals surface area contributed by atoms with Crippen LogP contribution in [0.5, 0.6) is 0 Å². The Morgan fingerprint density at radius 2 is 1.57 bits per heavy atom. The van der Waals surface area contributed by atoms with Gasteiger partial charge in [-0.1, -0.05) is 0 Å². The van der Waals surface area contributed by atoms with Crippen LogP contribution in [-0.4, -0.2) is 11.5 Å². The summed E-state index contributed by atoms with van der Waals surface area (Å²) in [6.07, 6.45) is 2.82. The molecule has 0 amide bonds. The number of thioether (sulfide) groups is 2. The van der Waals surface area contributed by atoms with Crippen molar-refractivity contribution in [2.45, 2.75) is 12.8 Å². The van der Waals surface area contributed by atoms with Gasteiger partial charge in [0.2, 0.25) is 0 Å². The Bertz CT molecular complexity index is 25.7. The van der Waals surface area contributed by atoms with Crippen LogP contribution in [0.1, 0.15) is 12.8 Å². The van der Waals surface area contributed by atoms with Gasteiger partial charge in [0.15, 0.2) is 0 Å². The Balaban J connectivity index is 2.04. The molecule has 1 aliphatic heterocycles. The summed E-state index contributed by atoms with van der Waals surface area (Å²) in [5.41, 5.74) is 0. The van der Waals surface area contributed by atoms with Crippen molar-refractivity contribution < 1.29 is 0 Å². The molecule has 1 rings (SSSR count). The molecule has 0 saturated carbocycles. The van der Waals surface area contributed by atoms with E-state index in [4.69, 9.17) is 0 Å². The number of hydrogen-bond acceptors (Lipinski definition) is 2. The molecule has 41 valence electrons. The van der Waals surface area contributed by atoms with Crippen molar-refractivity contribution >= 4 is 23.5 Å². The fourth-order valence-electron chi connectivity index (χ4n) is 0.515. The molecular weight excluding hydrogens is 124 g/mol. The summed E-state index contributed by atoms with van der Waals surface area (Å²) in [5.74, 6) is 2.68. The zero-order valence-electron chi connectivity index (χ0n) is 4.22. The fraction of sp³-hybridized carbons (Fsp3) is 0.800. The Kier molecular flexibility index (Phi) is 3.06. The summed E-state index contributed by atoms with van der Waals surface area (Å²) in [7, 11) is 0. The van der Waals surface area contributed by atoms with Gasteiger partial charge in [0, 0.05) is 0 Å². The molecule has 1 fully saturated rings. The molecule has 0 aromatic rings. The Labute approximate surface area is 53.4 Å². The summed E-state index contributed by atoms with van der Waals surface area (Å²) in [6, 6.07) is 0. The van der Waals surface area contributed by atoms with Gasteiger partial charge in [-0.15, -0.1) is 23.5 Å². The summed E-state index contributed by atoms with van der Waals surface area (Å²) < 4.78 is 0.